The molecule has 244 valence electrons. The molecule has 2 aromatic heterocycles. The average molecular weight is 704 g/mol. The van der Waals surface area contributed by atoms with Crippen LogP contribution < -0.4 is 4.90 Å². The summed E-state index contributed by atoms with van der Waals surface area (Å²) in [6.45, 7) is 16.1. The number of halogens is 1. The van der Waals surface area contributed by atoms with Gasteiger partial charge in [-0.25, -0.2) is 18.2 Å². The van der Waals surface area contributed by atoms with Crippen molar-refractivity contribution in [2.45, 2.75) is 96.9 Å². The first-order chi connectivity index (χ1) is 20.7. The highest BCUT2D eigenvalue weighted by atomic mass is 79.9. The zero-order chi connectivity index (χ0) is 33.8. The van der Waals surface area contributed by atoms with Crippen molar-refractivity contribution in [3.8, 4) is 0 Å². The number of benzene rings is 1. The van der Waals surface area contributed by atoms with Crippen LogP contribution in [-0.4, -0.2) is 52.5 Å². The predicted octanol–water partition coefficient (Wildman–Crippen LogP) is 7.01. The van der Waals surface area contributed by atoms with E-state index in [1.807, 2.05) is 24.3 Å². The van der Waals surface area contributed by atoms with Gasteiger partial charge in [0.2, 0.25) is 10.0 Å². The van der Waals surface area contributed by atoms with E-state index in [4.69, 9.17) is 9.47 Å². The molecule has 2 heterocycles. The average Bonchev–Trinajstić information content (AvgIpc) is 2.91. The smallest absolute Gasteiger partial charge is 0.416 e. The number of amides is 1. The van der Waals surface area contributed by atoms with Gasteiger partial charge < -0.3 is 9.47 Å². The number of carbonyl (C=O) groups excluding carboxylic acids is 2. The first-order valence-corrected chi connectivity index (χ1v) is 16.8. The molecule has 3 aromatic rings. The second-order valence-electron chi connectivity index (χ2n) is 13.7. The maximum atomic E-state index is 13.9. The lowest BCUT2D eigenvalue weighted by molar-refractivity contribution is -0.153. The van der Waals surface area contributed by atoms with E-state index in [2.05, 4.69) is 46.7 Å². The van der Waals surface area contributed by atoms with Crippen molar-refractivity contribution in [2.24, 2.45) is 0 Å². The molecule has 0 radical (unpaired) electrons. The Bertz CT molecular complexity index is 1590. The predicted molar refractivity (Wildman–Crippen MR) is 177 cm³/mol. The van der Waals surface area contributed by atoms with Gasteiger partial charge in [0.1, 0.15) is 28.5 Å². The van der Waals surface area contributed by atoms with Crippen molar-refractivity contribution in [2.75, 3.05) is 11.4 Å². The van der Waals surface area contributed by atoms with Crippen molar-refractivity contribution in [3.63, 3.8) is 0 Å². The van der Waals surface area contributed by atoms with Gasteiger partial charge >= 0.3 is 12.1 Å². The number of pyridine rings is 2. The minimum Gasteiger partial charge on any atom is -0.459 e. The maximum Gasteiger partial charge on any atom is 0.416 e. The molecule has 0 atom stereocenters. The molecule has 1 amide bonds. The second-order valence-corrected chi connectivity index (χ2v) is 16.5. The Morgan fingerprint density at radius 3 is 2.00 bits per heavy atom. The number of hydrogen-bond acceptors (Lipinski definition) is 8. The highest BCUT2D eigenvalue weighted by Crippen LogP contribution is 2.28. The third-order valence-corrected chi connectivity index (χ3v) is 8.78. The minimum atomic E-state index is -4.03. The minimum absolute atomic E-state index is 0.0314. The Labute approximate surface area is 275 Å². The van der Waals surface area contributed by atoms with Crippen molar-refractivity contribution < 1.29 is 27.5 Å². The van der Waals surface area contributed by atoms with Crippen LogP contribution in [0.1, 0.15) is 79.1 Å². The lowest BCUT2D eigenvalue weighted by atomic mass is 9.87. The third kappa shape index (κ3) is 10.6. The fourth-order valence-electron chi connectivity index (χ4n) is 4.15. The Balaban J connectivity index is 2.05. The second kappa shape index (κ2) is 14.0. The lowest BCUT2D eigenvalue weighted by Gasteiger charge is -2.28. The van der Waals surface area contributed by atoms with Gasteiger partial charge in [-0.1, -0.05) is 45.0 Å². The first-order valence-electron chi connectivity index (χ1n) is 14.5. The van der Waals surface area contributed by atoms with Crippen LogP contribution in [0.5, 0.6) is 0 Å². The van der Waals surface area contributed by atoms with E-state index in [-0.39, 0.29) is 29.2 Å². The number of carbonyl (C=O) groups is 2. The summed E-state index contributed by atoms with van der Waals surface area (Å²) in [5, 5.41) is 0. The Kier molecular flexibility index (Phi) is 11.2. The molecule has 12 heteroatoms. The van der Waals surface area contributed by atoms with Gasteiger partial charge in [0, 0.05) is 23.4 Å². The van der Waals surface area contributed by atoms with E-state index in [0.717, 1.165) is 16.0 Å². The zero-order valence-corrected chi connectivity index (χ0v) is 29.8. The number of esters is 1. The van der Waals surface area contributed by atoms with Crippen LogP contribution in [0.2, 0.25) is 0 Å². The number of anilines is 1. The molecule has 0 N–H and O–H groups in total. The summed E-state index contributed by atoms with van der Waals surface area (Å²) in [6, 6.07) is 14.1. The standard InChI is InChI=1S/C33H43BrN4O6S/c1-31(2,3)24-14-12-23(13-15-24)20-37(45(41,42)25-11-10-18-35-19-25)21-27-26(34)16-17-28(36-27)38(30(40)44-33(7,8)9)22-29(39)43-32(4,5)6/h10-19H,20-22H2,1-9H3. The van der Waals surface area contributed by atoms with Gasteiger partial charge in [0.15, 0.2) is 0 Å². The largest absolute Gasteiger partial charge is 0.459 e. The van der Waals surface area contributed by atoms with Gasteiger partial charge in [-0.3, -0.25) is 14.7 Å². The Hall–Kier alpha value is -3.35. The van der Waals surface area contributed by atoms with Gasteiger partial charge in [0.25, 0.3) is 0 Å². The molecule has 10 nitrogen and oxygen atoms in total. The molecule has 0 spiro atoms. The normalized spacial score (nSPS) is 12.6. The quantitative estimate of drug-likeness (QED) is 0.219. The van der Waals surface area contributed by atoms with Crippen molar-refractivity contribution in [1.82, 2.24) is 14.3 Å². The van der Waals surface area contributed by atoms with Gasteiger partial charge in [0.05, 0.1) is 12.2 Å². The summed E-state index contributed by atoms with van der Waals surface area (Å²) in [5.41, 5.74) is 0.540. The third-order valence-electron chi connectivity index (χ3n) is 6.28. The summed E-state index contributed by atoms with van der Waals surface area (Å²) in [7, 11) is -4.03. The number of ether oxygens (including phenoxy) is 2. The van der Waals surface area contributed by atoms with E-state index in [1.165, 1.54) is 22.8 Å². The lowest BCUT2D eigenvalue weighted by Crippen LogP contribution is -2.42. The Morgan fingerprint density at radius 2 is 1.47 bits per heavy atom. The van der Waals surface area contributed by atoms with Gasteiger partial charge in [-0.15, -0.1) is 0 Å². The first kappa shape index (κ1) is 36.1. The molecule has 0 bridgehead atoms. The van der Waals surface area contributed by atoms with E-state index in [0.29, 0.717) is 10.2 Å². The van der Waals surface area contributed by atoms with E-state index in [9.17, 15) is 18.0 Å². The number of hydrogen-bond donors (Lipinski definition) is 0. The SMILES string of the molecule is CC(C)(C)OC(=O)CN(C(=O)OC(C)(C)C)c1ccc(Br)c(CN(Cc2ccc(C(C)(C)C)cc2)S(=O)(=O)c2cccnc2)n1. The highest BCUT2D eigenvalue weighted by Gasteiger charge is 2.31. The highest BCUT2D eigenvalue weighted by molar-refractivity contribution is 9.10. The fraction of sp³-hybridized carbons (Fsp3) is 0.455. The molecule has 0 unspecified atom stereocenters. The molecular weight excluding hydrogens is 660 g/mol. The number of aromatic nitrogens is 2. The van der Waals surface area contributed by atoms with Crippen LogP contribution in [0.25, 0.3) is 0 Å². The molecular formula is C33H43BrN4O6S. The molecule has 3 rings (SSSR count). The molecule has 0 aliphatic carbocycles. The summed E-state index contributed by atoms with van der Waals surface area (Å²) in [5.74, 6) is -0.555. The molecule has 0 aliphatic rings. The van der Waals surface area contributed by atoms with Crippen LogP contribution in [0, 0.1) is 0 Å². The molecule has 0 fully saturated rings. The van der Waals surface area contributed by atoms with Crippen molar-refractivity contribution >= 4 is 43.8 Å². The summed E-state index contributed by atoms with van der Waals surface area (Å²) in [6.07, 6.45) is 2.01. The number of rotatable bonds is 9. The van der Waals surface area contributed by atoms with Crippen LogP contribution in [-0.2, 0) is 42.8 Å². The fourth-order valence-corrected chi connectivity index (χ4v) is 5.85. The summed E-state index contributed by atoms with van der Waals surface area (Å²) >= 11 is 3.50. The maximum absolute atomic E-state index is 13.9. The number of nitrogens with zero attached hydrogens (tertiary/aromatic N) is 4. The molecule has 0 aliphatic heterocycles. The molecule has 0 saturated carbocycles. The molecule has 45 heavy (non-hydrogen) atoms. The van der Waals surface area contributed by atoms with Gasteiger partial charge in [-0.05, 0) is 98.3 Å². The molecule has 0 saturated heterocycles. The Morgan fingerprint density at radius 1 is 0.844 bits per heavy atom. The van der Waals surface area contributed by atoms with E-state index >= 15 is 0 Å². The summed E-state index contributed by atoms with van der Waals surface area (Å²) in [4.78, 5) is 35.9. The van der Waals surface area contributed by atoms with E-state index < -0.39 is 39.8 Å². The van der Waals surface area contributed by atoms with Crippen molar-refractivity contribution in [3.05, 3.63) is 82.2 Å². The van der Waals surface area contributed by atoms with Gasteiger partial charge in [-0.2, -0.15) is 4.31 Å². The topological polar surface area (TPSA) is 119 Å². The van der Waals surface area contributed by atoms with Crippen LogP contribution in [0.15, 0.2) is 70.3 Å². The van der Waals surface area contributed by atoms with Crippen LogP contribution in [0.4, 0.5) is 10.6 Å². The van der Waals surface area contributed by atoms with Crippen LogP contribution in [0.3, 0.4) is 0 Å². The number of sulfonamides is 1. The molecule has 1 aromatic carbocycles. The van der Waals surface area contributed by atoms with Crippen LogP contribution >= 0.6 is 15.9 Å². The van der Waals surface area contributed by atoms with E-state index in [1.54, 1.807) is 59.7 Å². The van der Waals surface area contributed by atoms with Crippen molar-refractivity contribution in [1.29, 1.82) is 0 Å². The summed E-state index contributed by atoms with van der Waals surface area (Å²) < 4.78 is 40.7. The zero-order valence-electron chi connectivity index (χ0n) is 27.4. The monoisotopic (exact) mass is 702 g/mol.